The highest BCUT2D eigenvalue weighted by Crippen LogP contribution is 2.25. The number of piperazine rings is 1. The van der Waals surface area contributed by atoms with E-state index < -0.39 is 0 Å². The fraction of sp³-hybridized carbons (Fsp3) is 0.333. The smallest absolute Gasteiger partial charge is 0.150 e. The summed E-state index contributed by atoms with van der Waals surface area (Å²) in [7, 11) is 0. The van der Waals surface area contributed by atoms with Gasteiger partial charge in [0.15, 0.2) is 0 Å². The Balaban J connectivity index is 1.69. The van der Waals surface area contributed by atoms with Crippen molar-refractivity contribution in [2.45, 2.75) is 13.5 Å². The van der Waals surface area contributed by atoms with Gasteiger partial charge in [-0.2, -0.15) is 0 Å². The van der Waals surface area contributed by atoms with Crippen molar-refractivity contribution in [2.24, 2.45) is 5.73 Å². The van der Waals surface area contributed by atoms with Crippen LogP contribution in [0.4, 0.5) is 5.69 Å². The lowest BCUT2D eigenvalue weighted by Gasteiger charge is -2.35. The Morgan fingerprint density at radius 1 is 1.04 bits per heavy atom. The third-order valence-electron chi connectivity index (χ3n) is 4.88. The Labute approximate surface area is 154 Å². The number of carbonyl (C=O) groups excluding carboxylic acids is 2. The van der Waals surface area contributed by atoms with E-state index in [1.165, 1.54) is 5.69 Å². The summed E-state index contributed by atoms with van der Waals surface area (Å²) in [4.78, 5) is 27.0. The molecule has 0 aromatic heterocycles. The first-order valence-corrected chi connectivity index (χ1v) is 8.96. The van der Waals surface area contributed by atoms with Crippen LogP contribution in [0.2, 0.25) is 0 Å². The maximum Gasteiger partial charge on any atom is 0.150 e. The number of carbonyl (C=O) groups is 2. The van der Waals surface area contributed by atoms with Crippen molar-refractivity contribution in [1.82, 2.24) is 4.90 Å². The Morgan fingerprint density at radius 3 is 2.27 bits per heavy atom. The predicted molar refractivity (Wildman–Crippen MR) is 104 cm³/mol. The Bertz CT molecular complexity index is 778. The van der Waals surface area contributed by atoms with Crippen molar-refractivity contribution in [3.8, 4) is 11.1 Å². The lowest BCUT2D eigenvalue weighted by molar-refractivity contribution is -0.118. The number of nitrogens with zero attached hydrogens (tertiary/aromatic N) is 2. The van der Waals surface area contributed by atoms with Crippen LogP contribution in [0.1, 0.15) is 22.8 Å². The number of anilines is 1. The van der Waals surface area contributed by atoms with Crippen molar-refractivity contribution < 1.29 is 9.59 Å². The van der Waals surface area contributed by atoms with Gasteiger partial charge in [0.25, 0.3) is 0 Å². The molecule has 0 spiro atoms. The molecule has 0 radical (unpaired) electrons. The van der Waals surface area contributed by atoms with Gasteiger partial charge in [0.05, 0.1) is 6.54 Å². The second kappa shape index (κ2) is 8.25. The van der Waals surface area contributed by atoms with Gasteiger partial charge in [0, 0.05) is 44.0 Å². The van der Waals surface area contributed by atoms with Crippen LogP contribution in [0.25, 0.3) is 11.1 Å². The van der Waals surface area contributed by atoms with Crippen LogP contribution in [0, 0.1) is 0 Å². The largest absolute Gasteiger partial charge is 0.369 e. The van der Waals surface area contributed by atoms with Crippen molar-refractivity contribution in [3.05, 3.63) is 53.6 Å². The highest BCUT2D eigenvalue weighted by Gasteiger charge is 2.18. The van der Waals surface area contributed by atoms with Gasteiger partial charge in [-0.3, -0.25) is 14.5 Å². The van der Waals surface area contributed by atoms with Gasteiger partial charge in [0.1, 0.15) is 12.1 Å². The number of hydrogen-bond donors (Lipinski definition) is 1. The molecule has 0 atom stereocenters. The summed E-state index contributed by atoms with van der Waals surface area (Å²) in [5.41, 5.74) is 10.5. The molecule has 1 aliphatic heterocycles. The molecule has 2 N–H and O–H groups in total. The van der Waals surface area contributed by atoms with Crippen LogP contribution < -0.4 is 10.6 Å². The van der Waals surface area contributed by atoms with Gasteiger partial charge in [-0.25, -0.2) is 0 Å². The van der Waals surface area contributed by atoms with Gasteiger partial charge in [-0.1, -0.05) is 24.3 Å². The number of nitrogens with two attached hydrogens (primary N) is 1. The first-order chi connectivity index (χ1) is 12.6. The van der Waals surface area contributed by atoms with Gasteiger partial charge in [-0.05, 0) is 41.8 Å². The van der Waals surface area contributed by atoms with Gasteiger partial charge in [0.2, 0.25) is 0 Å². The summed E-state index contributed by atoms with van der Waals surface area (Å²) >= 11 is 0. The Morgan fingerprint density at radius 2 is 1.69 bits per heavy atom. The molecule has 3 rings (SSSR count). The molecular formula is C21H25N3O2. The van der Waals surface area contributed by atoms with Crippen LogP contribution in [0.15, 0.2) is 42.5 Å². The molecular weight excluding hydrogens is 326 g/mol. The van der Waals surface area contributed by atoms with Crippen LogP contribution in [-0.4, -0.2) is 49.7 Å². The lowest BCUT2D eigenvalue weighted by Crippen LogP contribution is -2.47. The van der Waals surface area contributed by atoms with Crippen LogP contribution in [-0.2, 0) is 11.3 Å². The molecule has 0 unspecified atom stereocenters. The normalized spacial score (nSPS) is 15.1. The zero-order valence-electron chi connectivity index (χ0n) is 15.1. The minimum absolute atomic E-state index is 0.221. The standard InChI is InChI=1S/C21H25N3O2/c1-16(26)14-23-8-10-24(11-9-23)21-6-4-17(5-7-21)18-2-3-19(13-22)20(12-18)15-25/h2-7,12,15H,8-11,13-14,22H2,1H3. The third kappa shape index (κ3) is 4.18. The summed E-state index contributed by atoms with van der Waals surface area (Å²) in [5.74, 6) is 0.221. The molecule has 0 amide bonds. The molecule has 0 aliphatic carbocycles. The molecule has 2 aromatic carbocycles. The molecule has 0 saturated carbocycles. The van der Waals surface area contributed by atoms with E-state index in [1.807, 2.05) is 18.2 Å². The van der Waals surface area contributed by atoms with Crippen molar-refractivity contribution in [2.75, 3.05) is 37.6 Å². The first-order valence-electron chi connectivity index (χ1n) is 8.96. The average Bonchev–Trinajstić information content (AvgIpc) is 2.67. The average molecular weight is 351 g/mol. The molecule has 136 valence electrons. The van der Waals surface area contributed by atoms with E-state index in [-0.39, 0.29) is 5.78 Å². The minimum Gasteiger partial charge on any atom is -0.369 e. The number of ketones is 1. The molecule has 1 fully saturated rings. The summed E-state index contributed by atoms with van der Waals surface area (Å²) < 4.78 is 0. The number of hydrogen-bond acceptors (Lipinski definition) is 5. The van der Waals surface area contributed by atoms with Gasteiger partial charge in [-0.15, -0.1) is 0 Å². The second-order valence-corrected chi connectivity index (χ2v) is 6.75. The molecule has 2 aromatic rings. The van der Waals surface area contributed by atoms with Crippen LogP contribution >= 0.6 is 0 Å². The summed E-state index contributed by atoms with van der Waals surface area (Å²) in [5, 5.41) is 0. The van der Waals surface area contributed by atoms with Crippen molar-refractivity contribution in [1.29, 1.82) is 0 Å². The number of rotatable bonds is 6. The van der Waals surface area contributed by atoms with E-state index >= 15 is 0 Å². The Hall–Kier alpha value is -2.50. The van der Waals surface area contributed by atoms with Gasteiger partial charge < -0.3 is 10.6 Å². The van der Waals surface area contributed by atoms with E-state index in [4.69, 9.17) is 5.73 Å². The number of benzene rings is 2. The zero-order chi connectivity index (χ0) is 18.5. The van der Waals surface area contributed by atoms with E-state index in [0.29, 0.717) is 18.7 Å². The highest BCUT2D eigenvalue weighted by molar-refractivity contribution is 5.81. The monoisotopic (exact) mass is 351 g/mol. The number of Topliss-reactive ketones (excluding diaryl/α,β-unsaturated/α-hetero) is 1. The fourth-order valence-corrected chi connectivity index (χ4v) is 3.41. The zero-order valence-corrected chi connectivity index (χ0v) is 15.1. The van der Waals surface area contributed by atoms with Crippen LogP contribution in [0.5, 0.6) is 0 Å². The Kier molecular flexibility index (Phi) is 5.81. The van der Waals surface area contributed by atoms with Gasteiger partial charge >= 0.3 is 0 Å². The number of aldehydes is 1. The molecule has 1 aliphatic rings. The van der Waals surface area contributed by atoms with E-state index in [1.54, 1.807) is 6.92 Å². The van der Waals surface area contributed by atoms with E-state index in [9.17, 15) is 9.59 Å². The molecule has 0 bridgehead atoms. The van der Waals surface area contributed by atoms with Crippen molar-refractivity contribution in [3.63, 3.8) is 0 Å². The molecule has 26 heavy (non-hydrogen) atoms. The fourth-order valence-electron chi connectivity index (χ4n) is 3.41. The summed E-state index contributed by atoms with van der Waals surface area (Å²) in [6.07, 6.45) is 0.862. The summed E-state index contributed by atoms with van der Waals surface area (Å²) in [6.45, 7) is 6.21. The second-order valence-electron chi connectivity index (χ2n) is 6.75. The SMILES string of the molecule is CC(=O)CN1CCN(c2ccc(-c3ccc(CN)c(C=O)c3)cc2)CC1. The van der Waals surface area contributed by atoms with Crippen LogP contribution in [0.3, 0.4) is 0 Å². The first kappa shape index (κ1) is 18.3. The lowest BCUT2D eigenvalue weighted by atomic mass is 9.99. The summed E-state index contributed by atoms with van der Waals surface area (Å²) in [6, 6.07) is 14.2. The minimum atomic E-state index is 0.221. The van der Waals surface area contributed by atoms with E-state index in [2.05, 4.69) is 34.1 Å². The third-order valence-corrected chi connectivity index (χ3v) is 4.88. The molecule has 5 nitrogen and oxygen atoms in total. The highest BCUT2D eigenvalue weighted by atomic mass is 16.1. The topological polar surface area (TPSA) is 66.6 Å². The molecule has 1 saturated heterocycles. The maximum atomic E-state index is 11.2. The molecule has 1 heterocycles. The van der Waals surface area contributed by atoms with Crippen molar-refractivity contribution >= 4 is 17.8 Å². The molecule has 5 heteroatoms. The maximum absolute atomic E-state index is 11.2. The quantitative estimate of drug-likeness (QED) is 0.809. The predicted octanol–water partition coefficient (Wildman–Crippen LogP) is 2.34. The van der Waals surface area contributed by atoms with E-state index in [0.717, 1.165) is 49.2 Å².